The number of hydrogen-bond acceptors (Lipinski definition) is 5. The van der Waals surface area contributed by atoms with E-state index in [2.05, 4.69) is 86.8 Å². The van der Waals surface area contributed by atoms with Crippen molar-refractivity contribution in [1.82, 2.24) is 0 Å². The van der Waals surface area contributed by atoms with E-state index in [0.717, 1.165) is 83.5 Å². The number of rotatable bonds is 59. The minimum atomic E-state index is -0.784. The summed E-state index contributed by atoms with van der Waals surface area (Å²) in [6.45, 7) is 4.05. The first kappa shape index (κ1) is 70.3. The largest absolute Gasteiger partial charge is 0.462 e. The van der Waals surface area contributed by atoms with E-state index in [9.17, 15) is 14.7 Å². The standard InChI is InChI=1S/C68H122O5/c1-3-5-7-9-11-13-15-17-19-21-23-25-27-29-30-31-32-33-34-35-36-37-39-40-42-44-46-48-50-52-54-56-58-60-62-67(70)72-65-66(64-69)73-68(71)63-61-59-57-55-53-51-49-47-45-43-41-38-28-26-24-22-20-18-16-14-12-10-8-6-4-2/h6,8,12,14,18,20,24,26,38,41,45,47,66,69H,3-5,7,9-11,13,15-17,19,21-23,25,27-37,39-40,42-44,46,48-65H2,1-2H3/b8-6-,14-12-,20-18-,26-24-,41-38-,47-45-. The van der Waals surface area contributed by atoms with Crippen molar-refractivity contribution < 1.29 is 24.2 Å². The van der Waals surface area contributed by atoms with Gasteiger partial charge in [0, 0.05) is 12.8 Å². The fourth-order valence-corrected chi connectivity index (χ4v) is 9.50. The van der Waals surface area contributed by atoms with Gasteiger partial charge in [0.05, 0.1) is 6.61 Å². The SMILES string of the molecule is CC/C=C\C/C=C\C/C=C\C/C=C\C/C=C\C/C=C\CCCCCCCCC(=O)OC(CO)COC(=O)CCCCCCCCCCCCCCCCCCCCCCCCCCCCCCCCCCCC. The van der Waals surface area contributed by atoms with Gasteiger partial charge in [-0.25, -0.2) is 0 Å². The summed E-state index contributed by atoms with van der Waals surface area (Å²) in [6, 6.07) is 0. The molecule has 424 valence electrons. The molecule has 0 saturated carbocycles. The maximum Gasteiger partial charge on any atom is 0.306 e. The highest BCUT2D eigenvalue weighted by atomic mass is 16.6. The van der Waals surface area contributed by atoms with Crippen molar-refractivity contribution in [1.29, 1.82) is 0 Å². The van der Waals surface area contributed by atoms with Gasteiger partial charge in [-0.3, -0.25) is 9.59 Å². The highest BCUT2D eigenvalue weighted by Crippen LogP contribution is 2.18. The Morgan fingerprint density at radius 1 is 0.329 bits per heavy atom. The van der Waals surface area contributed by atoms with Crippen LogP contribution in [0.2, 0.25) is 0 Å². The summed E-state index contributed by atoms with van der Waals surface area (Å²) in [7, 11) is 0. The van der Waals surface area contributed by atoms with E-state index >= 15 is 0 Å². The van der Waals surface area contributed by atoms with Crippen LogP contribution in [-0.2, 0) is 19.1 Å². The Hall–Kier alpha value is -2.66. The summed E-state index contributed by atoms with van der Waals surface area (Å²) in [5.41, 5.74) is 0. The summed E-state index contributed by atoms with van der Waals surface area (Å²) in [5.74, 6) is -0.597. The summed E-state index contributed by atoms with van der Waals surface area (Å²) in [6.07, 6.45) is 87.7. The first-order chi connectivity index (χ1) is 36.1. The van der Waals surface area contributed by atoms with Crippen molar-refractivity contribution in [2.75, 3.05) is 13.2 Å². The third-order valence-corrected chi connectivity index (χ3v) is 14.3. The first-order valence-electron chi connectivity index (χ1n) is 32.0. The molecular formula is C68H122O5. The molecule has 0 rings (SSSR count). The summed E-state index contributed by atoms with van der Waals surface area (Å²) >= 11 is 0. The molecule has 0 fully saturated rings. The van der Waals surface area contributed by atoms with Crippen molar-refractivity contribution in [2.24, 2.45) is 0 Å². The van der Waals surface area contributed by atoms with Crippen LogP contribution in [0.1, 0.15) is 328 Å². The number of esters is 2. The molecule has 0 aromatic heterocycles. The van der Waals surface area contributed by atoms with Crippen molar-refractivity contribution >= 4 is 11.9 Å². The lowest BCUT2D eigenvalue weighted by Gasteiger charge is -2.15. The van der Waals surface area contributed by atoms with Gasteiger partial charge in [0.15, 0.2) is 6.10 Å². The smallest absolute Gasteiger partial charge is 0.306 e. The minimum absolute atomic E-state index is 0.0719. The lowest BCUT2D eigenvalue weighted by atomic mass is 10.0. The van der Waals surface area contributed by atoms with Gasteiger partial charge in [0.2, 0.25) is 0 Å². The van der Waals surface area contributed by atoms with E-state index in [1.807, 2.05) is 0 Å². The van der Waals surface area contributed by atoms with Crippen LogP contribution in [0, 0.1) is 0 Å². The van der Waals surface area contributed by atoms with Crippen molar-refractivity contribution in [3.8, 4) is 0 Å². The average Bonchev–Trinajstić information content (AvgIpc) is 3.39. The summed E-state index contributed by atoms with van der Waals surface area (Å²) < 4.78 is 10.7. The number of carbonyl (C=O) groups excluding carboxylic acids is 2. The monoisotopic (exact) mass is 1020 g/mol. The molecule has 0 radical (unpaired) electrons. The van der Waals surface area contributed by atoms with E-state index in [0.29, 0.717) is 12.8 Å². The van der Waals surface area contributed by atoms with Crippen LogP contribution in [0.25, 0.3) is 0 Å². The van der Waals surface area contributed by atoms with Crippen LogP contribution >= 0.6 is 0 Å². The van der Waals surface area contributed by atoms with E-state index in [4.69, 9.17) is 9.47 Å². The molecule has 0 saturated heterocycles. The topological polar surface area (TPSA) is 72.8 Å². The molecule has 1 unspecified atom stereocenters. The normalized spacial score (nSPS) is 12.6. The van der Waals surface area contributed by atoms with Crippen molar-refractivity contribution in [3.63, 3.8) is 0 Å². The Kier molecular flexibility index (Phi) is 61.3. The molecule has 0 aliphatic heterocycles. The highest BCUT2D eigenvalue weighted by Gasteiger charge is 2.16. The number of unbranched alkanes of at least 4 members (excludes halogenated alkanes) is 39. The molecule has 0 aromatic rings. The number of ether oxygens (including phenoxy) is 2. The third kappa shape index (κ3) is 61.8. The van der Waals surface area contributed by atoms with E-state index < -0.39 is 6.10 Å². The van der Waals surface area contributed by atoms with Gasteiger partial charge in [-0.05, 0) is 64.2 Å². The van der Waals surface area contributed by atoms with Gasteiger partial charge in [-0.15, -0.1) is 0 Å². The molecule has 5 nitrogen and oxygen atoms in total. The minimum Gasteiger partial charge on any atom is -0.462 e. The Labute approximate surface area is 454 Å². The fourth-order valence-electron chi connectivity index (χ4n) is 9.50. The van der Waals surface area contributed by atoms with Crippen LogP contribution < -0.4 is 0 Å². The maximum absolute atomic E-state index is 12.3. The molecule has 0 bridgehead atoms. The van der Waals surface area contributed by atoms with Crippen LogP contribution in [0.3, 0.4) is 0 Å². The van der Waals surface area contributed by atoms with Gasteiger partial charge in [-0.1, -0.05) is 324 Å². The van der Waals surface area contributed by atoms with Crippen LogP contribution in [0.15, 0.2) is 72.9 Å². The molecular weight excluding hydrogens is 897 g/mol. The molecule has 1 N–H and O–H groups in total. The summed E-state index contributed by atoms with van der Waals surface area (Å²) in [4.78, 5) is 24.6. The quantitative estimate of drug-likeness (QED) is 0.0373. The molecule has 0 aromatic carbocycles. The second kappa shape index (κ2) is 63.6. The number of allylic oxidation sites excluding steroid dienone is 12. The predicted molar refractivity (Wildman–Crippen MR) is 320 cm³/mol. The number of aliphatic hydroxyl groups excluding tert-OH is 1. The Balaban J connectivity index is 3.45. The fraction of sp³-hybridized carbons (Fsp3) is 0.794. The lowest BCUT2D eigenvalue weighted by Crippen LogP contribution is -2.28. The molecule has 0 heterocycles. The van der Waals surface area contributed by atoms with Gasteiger partial charge < -0.3 is 14.6 Å². The van der Waals surface area contributed by atoms with Crippen molar-refractivity contribution in [3.05, 3.63) is 72.9 Å². The number of carbonyl (C=O) groups is 2. The molecule has 5 heteroatoms. The molecule has 73 heavy (non-hydrogen) atoms. The average molecular weight is 1020 g/mol. The molecule has 0 amide bonds. The summed E-state index contributed by atoms with van der Waals surface area (Å²) in [5, 5.41) is 9.67. The van der Waals surface area contributed by atoms with Gasteiger partial charge in [0.25, 0.3) is 0 Å². The molecule has 0 aliphatic rings. The van der Waals surface area contributed by atoms with E-state index in [-0.39, 0.29) is 25.2 Å². The number of hydrogen-bond donors (Lipinski definition) is 1. The Bertz CT molecular complexity index is 1290. The van der Waals surface area contributed by atoms with E-state index in [1.54, 1.807) is 0 Å². The number of aliphatic hydroxyl groups is 1. The van der Waals surface area contributed by atoms with Crippen LogP contribution in [0.5, 0.6) is 0 Å². The lowest BCUT2D eigenvalue weighted by molar-refractivity contribution is -0.161. The zero-order chi connectivity index (χ0) is 52.7. The predicted octanol–water partition coefficient (Wildman–Crippen LogP) is 21.9. The van der Waals surface area contributed by atoms with Crippen molar-refractivity contribution in [2.45, 2.75) is 335 Å². The molecule has 0 aliphatic carbocycles. The Morgan fingerprint density at radius 2 is 0.589 bits per heavy atom. The Morgan fingerprint density at radius 3 is 0.890 bits per heavy atom. The molecule has 1 atom stereocenters. The second-order valence-corrected chi connectivity index (χ2v) is 21.5. The van der Waals surface area contributed by atoms with Gasteiger partial charge >= 0.3 is 11.9 Å². The van der Waals surface area contributed by atoms with Crippen LogP contribution in [-0.4, -0.2) is 36.4 Å². The van der Waals surface area contributed by atoms with Crippen LogP contribution in [0.4, 0.5) is 0 Å². The molecule has 0 spiro atoms. The van der Waals surface area contributed by atoms with Gasteiger partial charge in [0.1, 0.15) is 6.61 Å². The third-order valence-electron chi connectivity index (χ3n) is 14.3. The van der Waals surface area contributed by atoms with E-state index in [1.165, 1.54) is 218 Å². The highest BCUT2D eigenvalue weighted by molar-refractivity contribution is 5.70. The van der Waals surface area contributed by atoms with Gasteiger partial charge in [-0.2, -0.15) is 0 Å². The zero-order valence-corrected chi connectivity index (χ0v) is 48.6. The second-order valence-electron chi connectivity index (χ2n) is 21.5. The maximum atomic E-state index is 12.3. The first-order valence-corrected chi connectivity index (χ1v) is 32.0. The zero-order valence-electron chi connectivity index (χ0n) is 48.6.